The normalized spacial score (nSPS) is 15.6. The summed E-state index contributed by atoms with van der Waals surface area (Å²) < 4.78 is 9.27. The highest BCUT2D eigenvalue weighted by Crippen LogP contribution is 2.30. The van der Waals surface area contributed by atoms with Gasteiger partial charge in [0.2, 0.25) is 11.8 Å². The maximum absolute atomic E-state index is 11.2. The van der Waals surface area contributed by atoms with Crippen LogP contribution >= 0.6 is 11.9 Å². The molecule has 31 heavy (non-hydrogen) atoms. The van der Waals surface area contributed by atoms with Gasteiger partial charge in [-0.15, -0.1) is 0 Å². The molecule has 0 bridgehead atoms. The van der Waals surface area contributed by atoms with Crippen LogP contribution in [0.5, 0.6) is 5.88 Å². The standard InChI is InChI=1S/C23H24N4O3S/c1-14-5-3-6-15(2)21(14)19-12-20(30-17-9-10-24-13-17)26-23(25-19)27-31-18-8-4-7-16(11-18)22(28)29/h3-8,11-12,17,24H,9-10,13H2,1-2H3,(H,28,29)(H,25,26,27)/t17-/m0/s1. The molecule has 7 nitrogen and oxygen atoms in total. The quantitative estimate of drug-likeness (QED) is 0.471. The van der Waals surface area contributed by atoms with Gasteiger partial charge in [0.05, 0.1) is 11.3 Å². The number of benzene rings is 2. The molecule has 0 saturated carbocycles. The molecule has 0 spiro atoms. The van der Waals surface area contributed by atoms with Gasteiger partial charge in [-0.05, 0) is 68.1 Å². The second kappa shape index (κ2) is 9.36. The fourth-order valence-corrected chi connectivity index (χ4v) is 4.21. The first kappa shape index (κ1) is 21.1. The number of hydrogen-bond donors (Lipinski definition) is 3. The van der Waals surface area contributed by atoms with Gasteiger partial charge in [0.25, 0.3) is 0 Å². The number of carbonyl (C=O) groups is 1. The molecular formula is C23H24N4O3S. The molecule has 1 aliphatic heterocycles. The number of hydrogen-bond acceptors (Lipinski definition) is 7. The molecule has 1 saturated heterocycles. The van der Waals surface area contributed by atoms with E-state index in [4.69, 9.17) is 9.72 Å². The van der Waals surface area contributed by atoms with E-state index in [1.807, 2.05) is 18.2 Å². The third-order valence-corrected chi connectivity index (χ3v) is 5.86. The summed E-state index contributed by atoms with van der Waals surface area (Å²) in [6.45, 7) is 5.85. The van der Waals surface area contributed by atoms with Crippen molar-refractivity contribution in [2.75, 3.05) is 17.8 Å². The number of aryl methyl sites for hydroxylation is 2. The Bertz CT molecular complexity index is 1080. The topological polar surface area (TPSA) is 96.4 Å². The van der Waals surface area contributed by atoms with E-state index in [2.05, 4.69) is 41.0 Å². The van der Waals surface area contributed by atoms with Crippen LogP contribution in [0, 0.1) is 13.8 Å². The van der Waals surface area contributed by atoms with Crippen molar-refractivity contribution in [2.24, 2.45) is 0 Å². The second-order valence-electron chi connectivity index (χ2n) is 7.45. The molecule has 160 valence electrons. The molecule has 3 N–H and O–H groups in total. The van der Waals surface area contributed by atoms with E-state index >= 15 is 0 Å². The molecule has 0 radical (unpaired) electrons. The van der Waals surface area contributed by atoms with Crippen LogP contribution in [-0.2, 0) is 0 Å². The van der Waals surface area contributed by atoms with Crippen LogP contribution in [0.25, 0.3) is 11.3 Å². The van der Waals surface area contributed by atoms with Gasteiger partial charge >= 0.3 is 5.97 Å². The lowest BCUT2D eigenvalue weighted by Crippen LogP contribution is -2.20. The Balaban J connectivity index is 1.64. The molecule has 0 unspecified atom stereocenters. The number of ether oxygens (including phenoxy) is 1. The summed E-state index contributed by atoms with van der Waals surface area (Å²) in [5, 5.41) is 12.5. The number of carboxylic acid groups (broad SMARTS) is 1. The van der Waals surface area contributed by atoms with Gasteiger partial charge in [0, 0.05) is 23.1 Å². The van der Waals surface area contributed by atoms with E-state index < -0.39 is 5.97 Å². The second-order valence-corrected chi connectivity index (χ2v) is 8.33. The molecule has 0 aliphatic carbocycles. The SMILES string of the molecule is Cc1cccc(C)c1-c1cc(O[C@H]2CCNC2)nc(NSc2cccc(C(=O)O)c2)n1. The fourth-order valence-electron chi connectivity index (χ4n) is 3.57. The van der Waals surface area contributed by atoms with Crippen molar-refractivity contribution in [3.8, 4) is 17.1 Å². The fraction of sp³-hybridized carbons (Fsp3) is 0.261. The van der Waals surface area contributed by atoms with Crippen molar-refractivity contribution < 1.29 is 14.6 Å². The van der Waals surface area contributed by atoms with E-state index in [1.54, 1.807) is 18.2 Å². The molecule has 1 aromatic heterocycles. The number of nitrogens with zero attached hydrogens (tertiary/aromatic N) is 2. The molecule has 1 fully saturated rings. The summed E-state index contributed by atoms with van der Waals surface area (Å²) in [5.41, 5.74) is 4.32. The van der Waals surface area contributed by atoms with Crippen LogP contribution in [0.3, 0.4) is 0 Å². The Morgan fingerprint density at radius 1 is 1.16 bits per heavy atom. The minimum Gasteiger partial charge on any atom is -0.478 e. The maximum atomic E-state index is 11.2. The molecule has 8 heteroatoms. The summed E-state index contributed by atoms with van der Waals surface area (Å²) in [6, 6.07) is 14.7. The van der Waals surface area contributed by atoms with Gasteiger partial charge in [-0.1, -0.05) is 24.3 Å². The van der Waals surface area contributed by atoms with Gasteiger partial charge in [0.1, 0.15) is 6.10 Å². The summed E-state index contributed by atoms with van der Waals surface area (Å²) in [6.07, 6.45) is 1.01. The average Bonchev–Trinajstić information content (AvgIpc) is 3.25. The highest BCUT2D eigenvalue weighted by atomic mass is 32.2. The third kappa shape index (κ3) is 5.15. The number of rotatable bonds is 7. The van der Waals surface area contributed by atoms with E-state index in [0.717, 1.165) is 46.8 Å². The highest BCUT2D eigenvalue weighted by Gasteiger charge is 2.19. The summed E-state index contributed by atoms with van der Waals surface area (Å²) >= 11 is 1.26. The number of carboxylic acids is 1. The van der Waals surface area contributed by atoms with E-state index in [-0.39, 0.29) is 11.7 Å². The van der Waals surface area contributed by atoms with E-state index in [0.29, 0.717) is 11.8 Å². The Hall–Kier alpha value is -3.10. The van der Waals surface area contributed by atoms with Crippen LogP contribution in [-0.4, -0.2) is 40.2 Å². The van der Waals surface area contributed by atoms with Crippen LogP contribution < -0.4 is 14.8 Å². The Kier molecular flexibility index (Phi) is 6.39. The first-order valence-electron chi connectivity index (χ1n) is 10.1. The first-order chi connectivity index (χ1) is 15.0. The molecule has 1 aliphatic rings. The van der Waals surface area contributed by atoms with E-state index in [1.165, 1.54) is 11.9 Å². The largest absolute Gasteiger partial charge is 0.478 e. The van der Waals surface area contributed by atoms with Crippen molar-refractivity contribution in [3.63, 3.8) is 0 Å². The summed E-state index contributed by atoms with van der Waals surface area (Å²) in [4.78, 5) is 21.2. The third-order valence-electron chi connectivity index (χ3n) is 5.08. The monoisotopic (exact) mass is 436 g/mol. The predicted octanol–water partition coefficient (Wildman–Crippen LogP) is 4.32. The smallest absolute Gasteiger partial charge is 0.335 e. The van der Waals surface area contributed by atoms with Gasteiger partial charge < -0.3 is 15.2 Å². The van der Waals surface area contributed by atoms with Gasteiger partial charge in [-0.3, -0.25) is 4.72 Å². The molecule has 4 rings (SSSR count). The molecule has 0 amide bonds. The van der Waals surface area contributed by atoms with Crippen LogP contribution in [0.15, 0.2) is 53.4 Å². The van der Waals surface area contributed by atoms with Crippen molar-refractivity contribution in [2.45, 2.75) is 31.3 Å². The molecule has 1 atom stereocenters. The lowest BCUT2D eigenvalue weighted by atomic mass is 10.00. The van der Waals surface area contributed by atoms with Gasteiger partial charge in [-0.2, -0.15) is 4.98 Å². The average molecular weight is 437 g/mol. The lowest BCUT2D eigenvalue weighted by Gasteiger charge is -2.16. The molecule has 2 heterocycles. The minimum atomic E-state index is -0.961. The lowest BCUT2D eigenvalue weighted by molar-refractivity contribution is 0.0696. The summed E-state index contributed by atoms with van der Waals surface area (Å²) in [7, 11) is 0. The van der Waals surface area contributed by atoms with Crippen LogP contribution in [0.4, 0.5) is 5.95 Å². The molecule has 2 aromatic carbocycles. The highest BCUT2D eigenvalue weighted by molar-refractivity contribution is 8.00. The Morgan fingerprint density at radius 2 is 1.94 bits per heavy atom. The van der Waals surface area contributed by atoms with Crippen molar-refractivity contribution in [3.05, 3.63) is 65.2 Å². The number of nitrogens with one attached hydrogen (secondary N) is 2. The first-order valence-corrected chi connectivity index (χ1v) is 10.9. The van der Waals surface area contributed by atoms with Crippen molar-refractivity contribution >= 4 is 23.9 Å². The Labute approximate surface area is 185 Å². The van der Waals surface area contributed by atoms with Crippen molar-refractivity contribution in [1.82, 2.24) is 15.3 Å². The van der Waals surface area contributed by atoms with E-state index in [9.17, 15) is 9.90 Å². The number of aromatic carboxylic acids is 1. The molecular weight excluding hydrogens is 412 g/mol. The predicted molar refractivity (Wildman–Crippen MR) is 122 cm³/mol. The zero-order chi connectivity index (χ0) is 21.8. The number of anilines is 1. The van der Waals surface area contributed by atoms with Crippen molar-refractivity contribution in [1.29, 1.82) is 0 Å². The minimum absolute atomic E-state index is 0.0773. The summed E-state index contributed by atoms with van der Waals surface area (Å²) in [5.74, 6) is -0.0350. The number of aromatic nitrogens is 2. The van der Waals surface area contributed by atoms with Crippen LogP contribution in [0.2, 0.25) is 0 Å². The molecule has 3 aromatic rings. The zero-order valence-electron chi connectivity index (χ0n) is 17.4. The van der Waals surface area contributed by atoms with Gasteiger partial charge in [-0.25, -0.2) is 9.78 Å². The van der Waals surface area contributed by atoms with Gasteiger partial charge in [0.15, 0.2) is 0 Å². The Morgan fingerprint density at radius 3 is 2.65 bits per heavy atom. The van der Waals surface area contributed by atoms with Crippen LogP contribution in [0.1, 0.15) is 27.9 Å². The zero-order valence-corrected chi connectivity index (χ0v) is 18.2. The maximum Gasteiger partial charge on any atom is 0.335 e.